The number of aliphatic imine (C=N–C) groups is 1. The van der Waals surface area contributed by atoms with Crippen molar-refractivity contribution >= 4 is 41.9 Å². The molecule has 9 nitrogen and oxygen atoms in total. The number of carbonyl (C=O) groups excluding carboxylic acids is 2. The maximum atomic E-state index is 11.6. The van der Waals surface area contributed by atoms with Gasteiger partial charge in [-0.2, -0.15) is 0 Å². The van der Waals surface area contributed by atoms with Gasteiger partial charge in [-0.1, -0.05) is 0 Å². The quantitative estimate of drug-likeness (QED) is 0.203. The molecule has 0 aromatic heterocycles. The van der Waals surface area contributed by atoms with E-state index in [2.05, 4.69) is 25.8 Å². The molecule has 1 aliphatic heterocycles. The second kappa shape index (κ2) is 13.8. The van der Waals surface area contributed by atoms with Crippen molar-refractivity contribution in [3.8, 4) is 0 Å². The molecule has 1 heterocycles. The second-order valence-corrected chi connectivity index (χ2v) is 7.46. The zero-order valence-electron chi connectivity index (χ0n) is 17.8. The first-order chi connectivity index (χ1) is 12.7. The van der Waals surface area contributed by atoms with Gasteiger partial charge in [-0.15, -0.1) is 24.0 Å². The number of amides is 2. The number of nitrogens with one attached hydrogen (secondary N) is 3. The first kappa shape index (κ1) is 26.7. The third-order valence-corrected chi connectivity index (χ3v) is 3.93. The van der Waals surface area contributed by atoms with Gasteiger partial charge in [-0.3, -0.25) is 14.7 Å². The summed E-state index contributed by atoms with van der Waals surface area (Å²) in [5.41, 5.74) is -0.496. The lowest BCUT2D eigenvalue weighted by Crippen LogP contribution is -2.48. The average Bonchev–Trinajstić information content (AvgIpc) is 2.57. The summed E-state index contributed by atoms with van der Waals surface area (Å²) in [6, 6.07) is 0. The molecule has 28 heavy (non-hydrogen) atoms. The molecule has 0 atom stereocenters. The number of nitrogens with zero attached hydrogens (tertiary/aromatic N) is 3. The predicted molar refractivity (Wildman–Crippen MR) is 122 cm³/mol. The molecular weight excluding hydrogens is 475 g/mol. The van der Waals surface area contributed by atoms with Crippen molar-refractivity contribution < 1.29 is 14.3 Å². The van der Waals surface area contributed by atoms with Gasteiger partial charge in [0.05, 0.1) is 6.54 Å². The van der Waals surface area contributed by atoms with Crippen LogP contribution in [0, 0.1) is 0 Å². The van der Waals surface area contributed by atoms with E-state index in [4.69, 9.17) is 4.74 Å². The highest BCUT2D eigenvalue weighted by Gasteiger charge is 2.18. The van der Waals surface area contributed by atoms with Gasteiger partial charge in [-0.25, -0.2) is 4.79 Å². The van der Waals surface area contributed by atoms with Gasteiger partial charge in [0.1, 0.15) is 5.60 Å². The van der Waals surface area contributed by atoms with Crippen LogP contribution in [-0.4, -0.2) is 92.3 Å². The summed E-state index contributed by atoms with van der Waals surface area (Å²) in [5, 5.41) is 9.10. The van der Waals surface area contributed by atoms with Gasteiger partial charge >= 0.3 is 6.09 Å². The highest BCUT2D eigenvalue weighted by molar-refractivity contribution is 14.0. The maximum Gasteiger partial charge on any atom is 0.407 e. The van der Waals surface area contributed by atoms with E-state index in [1.54, 1.807) is 6.92 Å². The highest BCUT2D eigenvalue weighted by Crippen LogP contribution is 2.06. The number of alkyl carbamates (subject to hydrolysis) is 1. The van der Waals surface area contributed by atoms with Crippen LogP contribution >= 0.6 is 24.0 Å². The lowest BCUT2D eigenvalue weighted by Gasteiger charge is -2.33. The number of halogens is 1. The lowest BCUT2D eigenvalue weighted by atomic mass is 10.2. The molecule has 0 aliphatic carbocycles. The molecule has 0 unspecified atom stereocenters. The van der Waals surface area contributed by atoms with Crippen LogP contribution < -0.4 is 16.0 Å². The van der Waals surface area contributed by atoms with Gasteiger partial charge < -0.3 is 25.6 Å². The molecule has 3 N–H and O–H groups in total. The Morgan fingerprint density at radius 2 is 1.64 bits per heavy atom. The molecule has 0 aromatic rings. The molecule has 1 fully saturated rings. The number of hydrogen-bond donors (Lipinski definition) is 3. The zero-order chi connectivity index (χ0) is 20.3. The largest absolute Gasteiger partial charge is 0.444 e. The van der Waals surface area contributed by atoms with Crippen LogP contribution in [0.3, 0.4) is 0 Å². The Hall–Kier alpha value is -1.30. The minimum atomic E-state index is -0.496. The Labute approximate surface area is 186 Å². The van der Waals surface area contributed by atoms with E-state index >= 15 is 0 Å². The molecule has 1 aliphatic rings. The molecule has 0 aromatic carbocycles. The van der Waals surface area contributed by atoms with Crippen LogP contribution in [0.15, 0.2) is 4.99 Å². The summed E-state index contributed by atoms with van der Waals surface area (Å²) in [6.07, 6.45) is -0.420. The minimum Gasteiger partial charge on any atom is -0.444 e. The van der Waals surface area contributed by atoms with Crippen LogP contribution in [0.5, 0.6) is 0 Å². The summed E-state index contributed by atoms with van der Waals surface area (Å²) in [7, 11) is 0. The summed E-state index contributed by atoms with van der Waals surface area (Å²) in [6.45, 7) is 15.8. The third-order valence-electron chi connectivity index (χ3n) is 3.93. The summed E-state index contributed by atoms with van der Waals surface area (Å²) in [4.78, 5) is 31.7. The van der Waals surface area contributed by atoms with Crippen LogP contribution in [0.2, 0.25) is 0 Å². The van der Waals surface area contributed by atoms with E-state index in [9.17, 15) is 9.59 Å². The molecule has 164 valence electrons. The first-order valence-corrected chi connectivity index (χ1v) is 9.68. The molecule has 10 heteroatoms. The van der Waals surface area contributed by atoms with Gasteiger partial charge in [0, 0.05) is 59.3 Å². The first-order valence-electron chi connectivity index (χ1n) is 9.68. The monoisotopic (exact) mass is 512 g/mol. The number of ether oxygens (including phenoxy) is 1. The fraction of sp³-hybridized carbons (Fsp3) is 0.833. The summed E-state index contributed by atoms with van der Waals surface area (Å²) in [5.74, 6) is 0.872. The van der Waals surface area contributed by atoms with Crippen molar-refractivity contribution in [2.75, 3.05) is 58.9 Å². The predicted octanol–water partition coefficient (Wildman–Crippen LogP) is 0.848. The smallest absolute Gasteiger partial charge is 0.407 e. The van der Waals surface area contributed by atoms with E-state index in [1.165, 1.54) is 0 Å². The number of hydrogen-bond acceptors (Lipinski definition) is 5. The Bertz CT molecular complexity index is 502. The molecule has 0 spiro atoms. The van der Waals surface area contributed by atoms with E-state index < -0.39 is 11.7 Å². The van der Waals surface area contributed by atoms with Crippen molar-refractivity contribution in [3.05, 3.63) is 0 Å². The molecular formula is C18H37IN6O3. The Kier molecular flexibility index (Phi) is 13.2. The highest BCUT2D eigenvalue weighted by atomic mass is 127. The fourth-order valence-corrected chi connectivity index (χ4v) is 2.59. The minimum absolute atomic E-state index is 0. The van der Waals surface area contributed by atoms with Gasteiger partial charge in [0.15, 0.2) is 5.96 Å². The fourth-order valence-electron chi connectivity index (χ4n) is 2.59. The molecule has 0 saturated carbocycles. The van der Waals surface area contributed by atoms with E-state index in [1.807, 2.05) is 32.6 Å². The average molecular weight is 512 g/mol. The Balaban J connectivity index is 0.00000729. The van der Waals surface area contributed by atoms with E-state index in [0.717, 1.165) is 45.2 Å². The van der Waals surface area contributed by atoms with Crippen LogP contribution in [0.4, 0.5) is 4.79 Å². The lowest BCUT2D eigenvalue weighted by molar-refractivity contribution is -0.130. The number of guanidine groups is 1. The second-order valence-electron chi connectivity index (χ2n) is 7.46. The SMILES string of the molecule is CCNC(=NCCN1CCN(C(C)=O)CC1)NCCNC(=O)OC(C)(C)C.I. The molecule has 0 bridgehead atoms. The molecule has 1 saturated heterocycles. The standard InChI is InChI=1S/C18H36N6O3.HI/c1-6-19-16(20-7-8-22-17(26)27-18(3,4)5)21-9-10-23-11-13-24(14-12-23)15(2)25;/h6-14H2,1-5H3,(H,22,26)(H2,19,20,21);1H. The molecule has 2 amide bonds. The van der Waals surface area contributed by atoms with Crippen molar-refractivity contribution in [2.45, 2.75) is 40.2 Å². The molecule has 0 radical (unpaired) electrons. The Morgan fingerprint density at radius 3 is 2.18 bits per heavy atom. The number of carbonyl (C=O) groups is 2. The normalized spacial score (nSPS) is 15.5. The van der Waals surface area contributed by atoms with Gasteiger partial charge in [-0.05, 0) is 27.7 Å². The topological polar surface area (TPSA) is 98.3 Å². The maximum absolute atomic E-state index is 11.6. The van der Waals surface area contributed by atoms with Gasteiger partial charge in [0.25, 0.3) is 0 Å². The van der Waals surface area contributed by atoms with Crippen molar-refractivity contribution in [3.63, 3.8) is 0 Å². The number of rotatable bonds is 7. The summed E-state index contributed by atoms with van der Waals surface area (Å²) >= 11 is 0. The number of piperazine rings is 1. The van der Waals surface area contributed by atoms with E-state index in [0.29, 0.717) is 19.6 Å². The van der Waals surface area contributed by atoms with Gasteiger partial charge in [0.2, 0.25) is 5.91 Å². The van der Waals surface area contributed by atoms with Crippen LogP contribution in [0.1, 0.15) is 34.6 Å². The Morgan fingerprint density at radius 1 is 1.04 bits per heavy atom. The van der Waals surface area contributed by atoms with Crippen molar-refractivity contribution in [1.82, 2.24) is 25.8 Å². The van der Waals surface area contributed by atoms with Crippen molar-refractivity contribution in [2.24, 2.45) is 4.99 Å². The zero-order valence-corrected chi connectivity index (χ0v) is 20.2. The van der Waals surface area contributed by atoms with Crippen LogP contribution in [0.25, 0.3) is 0 Å². The molecule has 1 rings (SSSR count). The summed E-state index contributed by atoms with van der Waals surface area (Å²) < 4.78 is 5.19. The van der Waals surface area contributed by atoms with Crippen molar-refractivity contribution in [1.29, 1.82) is 0 Å². The van der Waals surface area contributed by atoms with Crippen LogP contribution in [-0.2, 0) is 9.53 Å². The van der Waals surface area contributed by atoms with E-state index in [-0.39, 0.29) is 29.9 Å². The third kappa shape index (κ3) is 12.2.